The van der Waals surface area contributed by atoms with Crippen molar-refractivity contribution < 1.29 is 0 Å². The molecule has 11 rings (SSSR count). The lowest BCUT2D eigenvalue weighted by Crippen LogP contribution is -2.60. The molecule has 0 fully saturated rings. The number of hydrogen-bond donors (Lipinski definition) is 0. The zero-order valence-electron chi connectivity index (χ0n) is 44.9. The molecule has 68 heavy (non-hydrogen) atoms. The predicted molar refractivity (Wildman–Crippen MR) is 299 cm³/mol. The van der Waals surface area contributed by atoms with Crippen molar-refractivity contribution in [2.24, 2.45) is 0 Å². The minimum atomic E-state index is -0.00775. The first-order valence-electron chi connectivity index (χ1n) is 26.5. The van der Waals surface area contributed by atoms with Crippen molar-refractivity contribution in [3.8, 4) is 0 Å². The second-order valence-electron chi connectivity index (χ2n) is 27.4. The van der Waals surface area contributed by atoms with Crippen LogP contribution in [0.1, 0.15) is 213 Å². The molecule has 1 atom stereocenters. The normalized spacial score (nSPS) is 21.3. The lowest BCUT2D eigenvalue weighted by Gasteiger charge is -2.46. The van der Waals surface area contributed by atoms with Crippen LogP contribution in [0.2, 0.25) is 0 Å². The molecule has 5 aliphatic rings. The largest absolute Gasteiger partial charge is 0.311 e. The van der Waals surface area contributed by atoms with Crippen molar-refractivity contribution in [1.82, 2.24) is 0 Å². The maximum Gasteiger partial charge on any atom is 0.264 e. The van der Waals surface area contributed by atoms with E-state index in [9.17, 15) is 0 Å². The summed E-state index contributed by atoms with van der Waals surface area (Å²) in [6.07, 6.45) is 8.30. The third-order valence-electron chi connectivity index (χ3n) is 18.9. The second-order valence-corrected chi connectivity index (χ2v) is 28.5. The van der Waals surface area contributed by atoms with Gasteiger partial charge in [-0.15, -0.1) is 11.3 Å². The standard InChI is InChI=1S/C64H79BN2S/c1-18-38(2)39-31-52-55-53(32-39)67(42-21-23-45-47(35-42)62(12,13)28-26-60(45,8)9)56-43-36-48-49(64(16,17)30-29-63(48,14)15)37-54(43)68-57(56)65(55)50-24-19-40(58(3,4)5)33-51(50)66(52)41-20-22-44-46(34-41)61(10,11)27-25-59(44,6)7/h19-24,31-38H,18,25-30H2,1-17H3. The average Bonchev–Trinajstić information content (AvgIpc) is 3.65. The number of nitrogens with zero attached hydrogens (tertiary/aromatic N) is 2. The van der Waals surface area contributed by atoms with Crippen molar-refractivity contribution in [3.05, 3.63) is 123 Å². The number of hydrogen-bond acceptors (Lipinski definition) is 3. The smallest absolute Gasteiger partial charge is 0.264 e. The fourth-order valence-corrected chi connectivity index (χ4v) is 14.9. The van der Waals surface area contributed by atoms with Crippen molar-refractivity contribution in [2.45, 2.75) is 206 Å². The van der Waals surface area contributed by atoms with E-state index in [1.54, 1.807) is 11.1 Å². The Labute approximate surface area is 415 Å². The molecule has 0 radical (unpaired) electrons. The van der Waals surface area contributed by atoms with Crippen LogP contribution in [0.5, 0.6) is 0 Å². The molecule has 0 saturated carbocycles. The number of thiophene rings is 1. The van der Waals surface area contributed by atoms with Crippen molar-refractivity contribution >= 4 is 78.0 Å². The molecule has 0 amide bonds. The summed E-state index contributed by atoms with van der Waals surface area (Å²) in [5.41, 5.74) is 23.5. The molecule has 354 valence electrons. The SMILES string of the molecule is CCC(C)c1cc2c3c(c1)N(c1ccc4c(c1)C(C)(C)CCC4(C)C)c1c(sc4cc5c(cc14)C(C)(C)CCC5(C)C)B3c1ccc(C(C)(C)C)cc1N2c1ccc2c(c1)C(C)(C)CCC2(C)C. The van der Waals surface area contributed by atoms with Gasteiger partial charge in [-0.2, -0.15) is 0 Å². The Morgan fingerprint density at radius 2 is 0.985 bits per heavy atom. The summed E-state index contributed by atoms with van der Waals surface area (Å²) in [6.45, 7) is 41.8. The van der Waals surface area contributed by atoms with E-state index in [2.05, 4.69) is 218 Å². The Morgan fingerprint density at radius 1 is 0.529 bits per heavy atom. The highest BCUT2D eigenvalue weighted by molar-refractivity contribution is 7.33. The highest BCUT2D eigenvalue weighted by atomic mass is 32.1. The third-order valence-corrected chi connectivity index (χ3v) is 20.1. The molecule has 0 N–H and O–H groups in total. The van der Waals surface area contributed by atoms with Crippen LogP contribution < -0.4 is 25.5 Å². The highest BCUT2D eigenvalue weighted by Gasteiger charge is 2.48. The fourth-order valence-electron chi connectivity index (χ4n) is 13.5. The van der Waals surface area contributed by atoms with Crippen LogP contribution in [0.4, 0.5) is 34.1 Å². The minimum absolute atomic E-state index is 0.00775. The molecule has 6 aromatic rings. The van der Waals surface area contributed by atoms with Crippen LogP contribution in [-0.2, 0) is 37.9 Å². The minimum Gasteiger partial charge on any atom is -0.311 e. The van der Waals surface area contributed by atoms with Gasteiger partial charge in [0.2, 0.25) is 0 Å². The lowest BCUT2D eigenvalue weighted by atomic mass is 9.36. The molecule has 3 heterocycles. The van der Waals surface area contributed by atoms with Gasteiger partial charge in [0, 0.05) is 43.3 Å². The summed E-state index contributed by atoms with van der Waals surface area (Å²) in [4.78, 5) is 5.51. The van der Waals surface area contributed by atoms with E-state index < -0.39 is 0 Å². The molecular weight excluding hydrogens is 840 g/mol. The Hall–Kier alpha value is -4.28. The van der Waals surface area contributed by atoms with Crippen LogP contribution in [0, 0.1) is 0 Å². The van der Waals surface area contributed by atoms with Crippen LogP contribution in [0.3, 0.4) is 0 Å². The van der Waals surface area contributed by atoms with Gasteiger partial charge in [-0.25, -0.2) is 0 Å². The highest BCUT2D eigenvalue weighted by Crippen LogP contribution is 2.56. The van der Waals surface area contributed by atoms with Gasteiger partial charge in [0.1, 0.15) is 0 Å². The monoisotopic (exact) mass is 919 g/mol. The molecule has 5 aromatic carbocycles. The number of anilines is 6. The van der Waals surface area contributed by atoms with Crippen LogP contribution in [0.15, 0.2) is 78.9 Å². The van der Waals surface area contributed by atoms with E-state index in [0.29, 0.717) is 5.92 Å². The Morgan fingerprint density at radius 3 is 1.49 bits per heavy atom. The van der Waals surface area contributed by atoms with Gasteiger partial charge in [-0.3, -0.25) is 0 Å². The summed E-state index contributed by atoms with van der Waals surface area (Å²) in [5, 5.41) is 1.42. The summed E-state index contributed by atoms with van der Waals surface area (Å²) in [7, 11) is 0. The zero-order chi connectivity index (χ0) is 48.6. The van der Waals surface area contributed by atoms with Crippen molar-refractivity contribution in [3.63, 3.8) is 0 Å². The Kier molecular flexibility index (Phi) is 9.94. The predicted octanol–water partition coefficient (Wildman–Crippen LogP) is 16.8. The summed E-state index contributed by atoms with van der Waals surface area (Å²) in [5.74, 6) is 0.392. The summed E-state index contributed by atoms with van der Waals surface area (Å²) >= 11 is 2.08. The first kappa shape index (κ1) is 46.1. The van der Waals surface area contributed by atoms with Gasteiger partial charge in [0.25, 0.3) is 6.71 Å². The van der Waals surface area contributed by atoms with E-state index in [1.165, 1.54) is 132 Å². The Bertz CT molecular complexity index is 3090. The molecule has 0 saturated heterocycles. The Balaban J connectivity index is 1.28. The molecule has 4 heteroatoms. The number of rotatable bonds is 4. The maximum atomic E-state index is 2.78. The second kappa shape index (κ2) is 14.6. The van der Waals surface area contributed by atoms with Crippen LogP contribution in [-0.4, -0.2) is 6.71 Å². The van der Waals surface area contributed by atoms with Crippen molar-refractivity contribution in [2.75, 3.05) is 9.80 Å². The molecule has 1 aromatic heterocycles. The topological polar surface area (TPSA) is 6.48 Å². The van der Waals surface area contributed by atoms with Gasteiger partial charge < -0.3 is 9.80 Å². The third kappa shape index (κ3) is 6.74. The zero-order valence-corrected chi connectivity index (χ0v) is 45.7. The summed E-state index contributed by atoms with van der Waals surface area (Å²) < 4.78 is 2.91. The van der Waals surface area contributed by atoms with E-state index >= 15 is 0 Å². The molecule has 3 aliphatic carbocycles. The van der Waals surface area contributed by atoms with Gasteiger partial charge in [0.15, 0.2) is 0 Å². The quantitative estimate of drug-likeness (QED) is 0.162. The number of fused-ring (bicyclic) bond motifs is 9. The molecule has 1 unspecified atom stereocenters. The van der Waals surface area contributed by atoms with Gasteiger partial charge in [-0.1, -0.05) is 142 Å². The molecule has 0 spiro atoms. The molecule has 0 bridgehead atoms. The van der Waals surface area contributed by atoms with E-state index in [-0.39, 0.29) is 44.6 Å². The van der Waals surface area contributed by atoms with Gasteiger partial charge >= 0.3 is 0 Å². The fraction of sp³-hybridized carbons (Fsp3) is 0.500. The van der Waals surface area contributed by atoms with Gasteiger partial charge in [0.05, 0.1) is 5.69 Å². The lowest BCUT2D eigenvalue weighted by molar-refractivity contribution is 0.332. The van der Waals surface area contributed by atoms with E-state index in [1.807, 2.05) is 0 Å². The number of benzene rings is 5. The molecular formula is C64H79BN2S. The maximum absolute atomic E-state index is 2.78. The van der Waals surface area contributed by atoms with Crippen LogP contribution >= 0.6 is 11.3 Å². The summed E-state index contributed by atoms with van der Waals surface area (Å²) in [6, 6.07) is 33.4. The average molecular weight is 919 g/mol. The first-order valence-corrected chi connectivity index (χ1v) is 27.3. The molecule has 2 aliphatic heterocycles. The van der Waals surface area contributed by atoms with Crippen molar-refractivity contribution in [1.29, 1.82) is 0 Å². The van der Waals surface area contributed by atoms with E-state index in [4.69, 9.17) is 0 Å². The van der Waals surface area contributed by atoms with E-state index in [0.717, 1.165) is 6.42 Å². The van der Waals surface area contributed by atoms with Crippen LogP contribution in [0.25, 0.3) is 10.1 Å². The molecule has 2 nitrogen and oxygen atoms in total. The first-order chi connectivity index (χ1) is 31.6. The van der Waals surface area contributed by atoms with Gasteiger partial charge in [-0.05, 0) is 199 Å².